The van der Waals surface area contributed by atoms with Crippen LogP contribution in [-0.2, 0) is 19.1 Å². The van der Waals surface area contributed by atoms with Crippen molar-refractivity contribution in [2.24, 2.45) is 0 Å². The first kappa shape index (κ1) is 25.9. The smallest absolute Gasteiger partial charge is 0.320 e. The standard InChI is InChI=1S/C24H31N3O6S/c1-24(2,3)33-19(29)14-26(4)12-5-6-13-34-17-9-7-8-15-20(17)23(32)27(22(15)31)16-10-11-18(28)25-21(16)30/h7-9,16H,5-6,10-14H2,1-4H3,(H,25,28,30). The Labute approximate surface area is 203 Å². The fraction of sp³-hybridized carbons (Fsp3) is 0.542. The van der Waals surface area contributed by atoms with Gasteiger partial charge in [-0.15, -0.1) is 11.8 Å². The van der Waals surface area contributed by atoms with Crippen molar-refractivity contribution >= 4 is 41.4 Å². The van der Waals surface area contributed by atoms with E-state index in [0.29, 0.717) is 10.5 Å². The first-order valence-corrected chi connectivity index (χ1v) is 12.3. The van der Waals surface area contributed by atoms with E-state index >= 15 is 0 Å². The number of nitrogens with one attached hydrogen (secondary N) is 1. The molecule has 184 valence electrons. The Bertz CT molecular complexity index is 1000. The minimum absolute atomic E-state index is 0.0911. The van der Waals surface area contributed by atoms with Crippen molar-refractivity contribution in [3.63, 3.8) is 0 Å². The van der Waals surface area contributed by atoms with Crippen LogP contribution < -0.4 is 5.32 Å². The second kappa shape index (κ2) is 10.7. The van der Waals surface area contributed by atoms with Gasteiger partial charge in [0.2, 0.25) is 11.8 Å². The van der Waals surface area contributed by atoms with E-state index in [1.807, 2.05) is 32.7 Å². The molecule has 0 saturated carbocycles. The molecule has 1 aromatic rings. The van der Waals surface area contributed by atoms with Crippen molar-refractivity contribution in [2.75, 3.05) is 25.9 Å². The number of amides is 4. The quantitative estimate of drug-likeness (QED) is 0.243. The maximum Gasteiger partial charge on any atom is 0.320 e. The molecule has 34 heavy (non-hydrogen) atoms. The zero-order valence-electron chi connectivity index (χ0n) is 20.0. The number of ether oxygens (including phenoxy) is 1. The number of likely N-dealkylation sites (N-methyl/N-ethyl adjacent to an activating group) is 1. The number of hydrogen-bond donors (Lipinski definition) is 1. The van der Waals surface area contributed by atoms with Gasteiger partial charge in [-0.1, -0.05) is 6.07 Å². The highest BCUT2D eigenvalue weighted by Crippen LogP contribution is 2.34. The zero-order valence-corrected chi connectivity index (χ0v) is 20.8. The van der Waals surface area contributed by atoms with Crippen LogP contribution in [0.4, 0.5) is 0 Å². The fourth-order valence-corrected chi connectivity index (χ4v) is 5.03. The molecule has 3 rings (SSSR count). The van der Waals surface area contributed by atoms with Crippen molar-refractivity contribution in [3.05, 3.63) is 29.3 Å². The van der Waals surface area contributed by atoms with Crippen LogP contribution in [0.15, 0.2) is 23.1 Å². The third-order valence-corrected chi connectivity index (χ3v) is 6.58. The normalized spacial score (nSPS) is 18.4. The lowest BCUT2D eigenvalue weighted by Crippen LogP contribution is -2.54. The molecule has 9 nitrogen and oxygen atoms in total. The Balaban J connectivity index is 1.53. The Kier molecular flexibility index (Phi) is 8.14. The summed E-state index contributed by atoms with van der Waals surface area (Å²) < 4.78 is 5.33. The number of benzene rings is 1. The summed E-state index contributed by atoms with van der Waals surface area (Å²) in [6.07, 6.45) is 1.94. The Morgan fingerprint density at radius 3 is 2.59 bits per heavy atom. The van der Waals surface area contributed by atoms with E-state index in [9.17, 15) is 24.0 Å². The number of carbonyl (C=O) groups is 5. The minimum atomic E-state index is -0.969. The van der Waals surface area contributed by atoms with Gasteiger partial charge in [-0.3, -0.25) is 39.1 Å². The molecule has 1 atom stereocenters. The Morgan fingerprint density at radius 1 is 1.18 bits per heavy atom. The Morgan fingerprint density at radius 2 is 1.91 bits per heavy atom. The van der Waals surface area contributed by atoms with E-state index in [1.54, 1.807) is 18.2 Å². The average molecular weight is 490 g/mol. The summed E-state index contributed by atoms with van der Waals surface area (Å²) >= 11 is 1.49. The summed E-state index contributed by atoms with van der Waals surface area (Å²) in [5.74, 6) is -1.53. The molecule has 10 heteroatoms. The average Bonchev–Trinajstić information content (AvgIpc) is 2.97. The predicted molar refractivity (Wildman–Crippen MR) is 126 cm³/mol. The van der Waals surface area contributed by atoms with Gasteiger partial charge in [0, 0.05) is 11.3 Å². The highest BCUT2D eigenvalue weighted by Gasteiger charge is 2.45. The first-order valence-electron chi connectivity index (χ1n) is 11.4. The van der Waals surface area contributed by atoms with E-state index in [0.717, 1.165) is 30.0 Å². The number of piperidine rings is 1. The lowest BCUT2D eigenvalue weighted by atomic mass is 10.0. The summed E-state index contributed by atoms with van der Waals surface area (Å²) in [6, 6.07) is 4.16. The van der Waals surface area contributed by atoms with Gasteiger partial charge >= 0.3 is 5.97 Å². The third-order valence-electron chi connectivity index (χ3n) is 5.44. The van der Waals surface area contributed by atoms with E-state index < -0.39 is 35.3 Å². The van der Waals surface area contributed by atoms with Gasteiger partial charge in [0.25, 0.3) is 11.8 Å². The molecule has 1 aromatic carbocycles. The molecule has 1 N–H and O–H groups in total. The maximum absolute atomic E-state index is 13.1. The number of unbranched alkanes of at least 4 members (excludes halogenated alkanes) is 1. The van der Waals surface area contributed by atoms with Crippen LogP contribution in [0.25, 0.3) is 0 Å². The molecule has 2 aliphatic rings. The first-order chi connectivity index (χ1) is 16.0. The minimum Gasteiger partial charge on any atom is -0.459 e. The van der Waals surface area contributed by atoms with E-state index in [-0.39, 0.29) is 30.9 Å². The highest BCUT2D eigenvalue weighted by atomic mass is 32.2. The molecule has 2 heterocycles. The topological polar surface area (TPSA) is 113 Å². The summed E-state index contributed by atoms with van der Waals surface area (Å²) in [4.78, 5) is 65.2. The molecule has 0 aliphatic carbocycles. The number of esters is 1. The monoisotopic (exact) mass is 489 g/mol. The lowest BCUT2D eigenvalue weighted by Gasteiger charge is -2.27. The van der Waals surface area contributed by atoms with Crippen LogP contribution >= 0.6 is 11.8 Å². The number of thioether (sulfide) groups is 1. The van der Waals surface area contributed by atoms with E-state index in [2.05, 4.69) is 5.32 Å². The molecule has 4 amide bonds. The van der Waals surface area contributed by atoms with Gasteiger partial charge in [0.05, 0.1) is 17.7 Å². The Hall–Kier alpha value is -2.72. The number of imide groups is 2. The second-order valence-electron chi connectivity index (χ2n) is 9.51. The van der Waals surface area contributed by atoms with Crippen molar-refractivity contribution in [1.29, 1.82) is 0 Å². The number of fused-ring (bicyclic) bond motifs is 1. The SMILES string of the molecule is CN(CCCCSc1cccc2c1C(=O)N(C1CCC(=O)NC1=O)C2=O)CC(=O)OC(C)(C)C. The van der Waals surface area contributed by atoms with Crippen LogP contribution in [0.5, 0.6) is 0 Å². The molecule has 0 radical (unpaired) electrons. The third kappa shape index (κ3) is 6.24. The van der Waals surface area contributed by atoms with Crippen molar-refractivity contribution < 1.29 is 28.7 Å². The van der Waals surface area contributed by atoms with Gasteiger partial charge in [-0.2, -0.15) is 0 Å². The number of hydrogen-bond acceptors (Lipinski definition) is 8. The van der Waals surface area contributed by atoms with Crippen LogP contribution in [0.1, 0.15) is 67.2 Å². The molecule has 1 unspecified atom stereocenters. The fourth-order valence-electron chi connectivity index (χ4n) is 3.94. The molecule has 0 bridgehead atoms. The number of nitrogens with zero attached hydrogens (tertiary/aromatic N) is 2. The summed E-state index contributed by atoms with van der Waals surface area (Å²) in [5.41, 5.74) is 0.109. The summed E-state index contributed by atoms with van der Waals surface area (Å²) in [5, 5.41) is 2.21. The number of carbonyl (C=O) groups excluding carboxylic acids is 5. The van der Waals surface area contributed by atoms with Crippen molar-refractivity contribution in [3.8, 4) is 0 Å². The van der Waals surface area contributed by atoms with Gasteiger partial charge in [-0.05, 0) is 71.5 Å². The van der Waals surface area contributed by atoms with E-state index in [4.69, 9.17) is 4.74 Å². The van der Waals surface area contributed by atoms with Gasteiger partial charge in [0.1, 0.15) is 11.6 Å². The van der Waals surface area contributed by atoms with Gasteiger partial charge in [-0.25, -0.2) is 0 Å². The lowest BCUT2D eigenvalue weighted by molar-refractivity contribution is -0.155. The molecular formula is C24H31N3O6S. The van der Waals surface area contributed by atoms with Crippen LogP contribution in [0, 0.1) is 0 Å². The summed E-state index contributed by atoms with van der Waals surface area (Å²) in [7, 11) is 1.87. The molecule has 0 aromatic heterocycles. The largest absolute Gasteiger partial charge is 0.459 e. The van der Waals surface area contributed by atoms with Crippen molar-refractivity contribution in [2.45, 2.75) is 63.0 Å². The van der Waals surface area contributed by atoms with Gasteiger partial charge in [0.15, 0.2) is 0 Å². The number of rotatable bonds is 9. The molecule has 0 spiro atoms. The molecule has 2 aliphatic heterocycles. The van der Waals surface area contributed by atoms with Gasteiger partial charge < -0.3 is 4.74 Å². The predicted octanol–water partition coefficient (Wildman–Crippen LogP) is 2.23. The van der Waals surface area contributed by atoms with E-state index in [1.165, 1.54) is 11.8 Å². The molecule has 1 fully saturated rings. The van der Waals surface area contributed by atoms with Crippen LogP contribution in [0.2, 0.25) is 0 Å². The van der Waals surface area contributed by atoms with Crippen molar-refractivity contribution in [1.82, 2.24) is 15.1 Å². The second-order valence-corrected chi connectivity index (χ2v) is 10.6. The molecular weight excluding hydrogens is 458 g/mol. The highest BCUT2D eigenvalue weighted by molar-refractivity contribution is 7.99. The van der Waals surface area contributed by atoms with Crippen LogP contribution in [-0.4, -0.2) is 76.9 Å². The zero-order chi connectivity index (χ0) is 25.0. The summed E-state index contributed by atoms with van der Waals surface area (Å²) in [6.45, 7) is 6.47. The molecule has 1 saturated heterocycles. The van der Waals surface area contributed by atoms with Crippen LogP contribution in [0.3, 0.4) is 0 Å². The maximum atomic E-state index is 13.1.